The first-order valence-electron chi connectivity index (χ1n) is 5.22. The highest BCUT2D eigenvalue weighted by atomic mass is 35.5. The quantitative estimate of drug-likeness (QED) is 0.355. The average Bonchev–Trinajstić information content (AvgIpc) is 2.37. The third-order valence-electron chi connectivity index (χ3n) is 1.33. The van der Waals surface area contributed by atoms with Crippen LogP contribution in [0.15, 0.2) is 10.3 Å². The van der Waals surface area contributed by atoms with E-state index in [0.717, 1.165) is 0 Å². The van der Waals surface area contributed by atoms with Crippen LogP contribution in [0.1, 0.15) is 27.7 Å². The third-order valence-corrected chi connectivity index (χ3v) is 1.94. The topological polar surface area (TPSA) is 140 Å². The fourth-order valence-electron chi connectivity index (χ4n) is 0.0825. The maximum absolute atomic E-state index is 9.70. The van der Waals surface area contributed by atoms with Gasteiger partial charge in [0.2, 0.25) is 10.3 Å². The number of hydrogen-bond acceptors (Lipinski definition) is 6. The minimum Gasteiger partial charge on any atom is -0.481 e. The van der Waals surface area contributed by atoms with Crippen LogP contribution in [0, 0.1) is 11.8 Å². The molecule has 0 aromatic heterocycles. The Bertz CT molecular complexity index is 322. The van der Waals surface area contributed by atoms with Crippen LogP contribution >= 0.6 is 23.2 Å². The van der Waals surface area contributed by atoms with Crippen molar-refractivity contribution in [2.45, 2.75) is 27.7 Å². The van der Waals surface area contributed by atoms with Gasteiger partial charge in [0.1, 0.15) is 0 Å². The van der Waals surface area contributed by atoms with E-state index in [1.807, 2.05) is 0 Å². The minimum atomic E-state index is -0.741. The number of aliphatic carboxylic acids is 2. The summed E-state index contributed by atoms with van der Waals surface area (Å²) in [5, 5.41) is 35.6. The summed E-state index contributed by atoms with van der Waals surface area (Å²) in [4.78, 5) is 19.4. The monoisotopic (exact) mass is 332 g/mol. The van der Waals surface area contributed by atoms with E-state index in [2.05, 4.69) is 10.3 Å². The van der Waals surface area contributed by atoms with Gasteiger partial charge in [0, 0.05) is 0 Å². The number of halogens is 2. The zero-order valence-corrected chi connectivity index (χ0v) is 12.9. The van der Waals surface area contributed by atoms with Crippen LogP contribution in [-0.4, -0.2) is 42.9 Å². The molecular weight excluding hydrogens is 315 g/mol. The van der Waals surface area contributed by atoms with Crippen LogP contribution in [0.5, 0.6) is 0 Å². The summed E-state index contributed by atoms with van der Waals surface area (Å²) >= 11 is 9.99. The molecule has 4 N–H and O–H groups in total. The van der Waals surface area contributed by atoms with Crippen molar-refractivity contribution >= 4 is 45.5 Å². The van der Waals surface area contributed by atoms with Gasteiger partial charge in [-0.1, -0.05) is 61.2 Å². The number of hydrogen-bond donors (Lipinski definition) is 4. The van der Waals surface area contributed by atoms with Crippen LogP contribution in [0.2, 0.25) is 0 Å². The standard InChI is InChI=1S/2C4H8O2.C2H2Cl2N2O2/c2*1-3(2)4(5)6;3-1(5-7)2(4)6-8/h2*3H,1-2H3,(H,5,6);7-8H/b;;5-1+,6-2+. The van der Waals surface area contributed by atoms with Crippen LogP contribution in [0.3, 0.4) is 0 Å². The lowest BCUT2D eigenvalue weighted by Gasteiger charge is -1.89. The van der Waals surface area contributed by atoms with Crippen LogP contribution in [0.25, 0.3) is 0 Å². The second kappa shape index (κ2) is 13.9. The molecule has 0 saturated carbocycles. The second-order valence-electron chi connectivity index (χ2n) is 3.77. The largest absolute Gasteiger partial charge is 0.481 e. The van der Waals surface area contributed by atoms with Gasteiger partial charge in [-0.15, -0.1) is 0 Å². The highest BCUT2D eigenvalue weighted by Gasteiger charge is 2.01. The van der Waals surface area contributed by atoms with Crippen molar-refractivity contribution in [1.82, 2.24) is 0 Å². The molecule has 0 unspecified atom stereocenters. The average molecular weight is 333 g/mol. The van der Waals surface area contributed by atoms with Crippen molar-refractivity contribution < 1.29 is 30.2 Å². The predicted molar refractivity (Wildman–Crippen MR) is 75.1 cm³/mol. The smallest absolute Gasteiger partial charge is 0.305 e. The SMILES string of the molecule is CC(C)C(=O)O.CC(C)C(=O)O.O/N=C(Cl)\C(Cl)=N/O. The molecule has 0 bridgehead atoms. The molecule has 118 valence electrons. The Labute approximate surface area is 126 Å². The normalized spacial score (nSPS) is 11.2. The van der Waals surface area contributed by atoms with E-state index in [-0.39, 0.29) is 11.8 Å². The molecule has 0 radical (unpaired) electrons. The molecule has 0 spiro atoms. The summed E-state index contributed by atoms with van der Waals surface area (Å²) in [6.07, 6.45) is 0. The summed E-state index contributed by atoms with van der Waals surface area (Å²) in [6, 6.07) is 0. The number of nitrogens with zero attached hydrogens (tertiary/aromatic N) is 2. The molecule has 0 amide bonds. The van der Waals surface area contributed by atoms with E-state index in [9.17, 15) is 9.59 Å². The Balaban J connectivity index is -0.000000221. The lowest BCUT2D eigenvalue weighted by molar-refractivity contribution is -0.141. The highest BCUT2D eigenvalue weighted by Crippen LogP contribution is 1.93. The van der Waals surface area contributed by atoms with Crippen molar-refractivity contribution in [3.63, 3.8) is 0 Å². The molecule has 0 rings (SSSR count). The zero-order valence-electron chi connectivity index (χ0n) is 11.4. The van der Waals surface area contributed by atoms with Gasteiger partial charge in [-0.2, -0.15) is 0 Å². The maximum atomic E-state index is 9.70. The molecule has 0 aliphatic heterocycles. The number of oxime groups is 2. The van der Waals surface area contributed by atoms with Crippen LogP contribution in [-0.2, 0) is 9.59 Å². The molecule has 20 heavy (non-hydrogen) atoms. The Morgan fingerprint density at radius 1 is 0.800 bits per heavy atom. The van der Waals surface area contributed by atoms with E-state index in [1.165, 1.54) is 0 Å². The van der Waals surface area contributed by atoms with Crippen molar-refractivity contribution in [3.05, 3.63) is 0 Å². The Morgan fingerprint density at radius 3 is 1.00 bits per heavy atom. The van der Waals surface area contributed by atoms with Gasteiger partial charge in [-0.3, -0.25) is 9.59 Å². The molecule has 0 saturated heterocycles. The van der Waals surface area contributed by atoms with Gasteiger partial charge in [-0.05, 0) is 0 Å². The fraction of sp³-hybridized carbons (Fsp3) is 0.600. The van der Waals surface area contributed by atoms with Crippen molar-refractivity contribution in [1.29, 1.82) is 0 Å². The lowest BCUT2D eigenvalue weighted by Crippen LogP contribution is -2.03. The van der Waals surface area contributed by atoms with Gasteiger partial charge >= 0.3 is 11.9 Å². The molecule has 0 fully saturated rings. The summed E-state index contributed by atoms with van der Waals surface area (Å²) in [6.45, 7) is 6.56. The van der Waals surface area contributed by atoms with Gasteiger partial charge in [0.25, 0.3) is 0 Å². The van der Waals surface area contributed by atoms with Crippen molar-refractivity contribution in [3.8, 4) is 0 Å². The fourth-order valence-corrected chi connectivity index (χ4v) is 0.158. The number of rotatable bonds is 3. The summed E-state index contributed by atoms with van der Waals surface area (Å²) in [5.41, 5.74) is 0. The first kappa shape index (κ1) is 23.5. The maximum Gasteiger partial charge on any atom is 0.305 e. The Kier molecular flexibility index (Phi) is 16.3. The summed E-state index contributed by atoms with van der Waals surface area (Å²) in [7, 11) is 0. The molecule has 0 aromatic carbocycles. The van der Waals surface area contributed by atoms with Crippen molar-refractivity contribution in [2.24, 2.45) is 22.1 Å². The Hall–Kier alpha value is -1.54. The first-order chi connectivity index (χ1) is 9.00. The van der Waals surface area contributed by atoms with E-state index >= 15 is 0 Å². The molecule has 0 aliphatic carbocycles. The van der Waals surface area contributed by atoms with E-state index < -0.39 is 22.3 Å². The predicted octanol–water partition coefficient (Wildman–Crippen LogP) is 2.49. The lowest BCUT2D eigenvalue weighted by atomic mass is 10.2. The molecule has 0 aliphatic rings. The van der Waals surface area contributed by atoms with Gasteiger partial charge in [0.05, 0.1) is 11.8 Å². The minimum absolute atomic E-state index is 0.231. The van der Waals surface area contributed by atoms with Crippen LogP contribution < -0.4 is 0 Å². The first-order valence-corrected chi connectivity index (χ1v) is 5.97. The molecule has 0 heterocycles. The van der Waals surface area contributed by atoms with Gasteiger partial charge < -0.3 is 20.6 Å². The van der Waals surface area contributed by atoms with Crippen LogP contribution in [0.4, 0.5) is 0 Å². The van der Waals surface area contributed by atoms with Gasteiger partial charge in [-0.25, -0.2) is 0 Å². The summed E-state index contributed by atoms with van der Waals surface area (Å²) < 4.78 is 0. The van der Waals surface area contributed by atoms with E-state index in [4.69, 9.17) is 43.8 Å². The number of carbonyl (C=O) groups is 2. The van der Waals surface area contributed by atoms with E-state index in [0.29, 0.717) is 0 Å². The zero-order chi connectivity index (χ0) is 16.9. The van der Waals surface area contributed by atoms with Gasteiger partial charge in [0.15, 0.2) is 0 Å². The number of carboxylic acids is 2. The molecule has 10 heteroatoms. The Morgan fingerprint density at radius 2 is 0.950 bits per heavy atom. The molecule has 0 atom stereocenters. The molecule has 8 nitrogen and oxygen atoms in total. The van der Waals surface area contributed by atoms with E-state index in [1.54, 1.807) is 27.7 Å². The molecule has 0 aromatic rings. The number of carboxylic acid groups (broad SMARTS) is 2. The van der Waals surface area contributed by atoms with Crippen molar-refractivity contribution in [2.75, 3.05) is 0 Å². The second-order valence-corrected chi connectivity index (χ2v) is 4.48. The summed E-state index contributed by atoms with van der Waals surface area (Å²) in [5.74, 6) is -1.94. The molecular formula is C10H18Cl2N2O6. The highest BCUT2D eigenvalue weighted by molar-refractivity contribution is 7.00. The third kappa shape index (κ3) is 18.8.